The lowest BCUT2D eigenvalue weighted by Gasteiger charge is -2.22. The van der Waals surface area contributed by atoms with Crippen molar-refractivity contribution >= 4 is 11.6 Å². The molecule has 1 saturated carbocycles. The summed E-state index contributed by atoms with van der Waals surface area (Å²) in [6, 6.07) is 1.19. The predicted molar refractivity (Wildman–Crippen MR) is 74.4 cm³/mol. The van der Waals surface area contributed by atoms with Gasteiger partial charge in [-0.05, 0) is 12.8 Å². The number of aryl methyl sites for hydroxylation is 1. The fraction of sp³-hybridized carbons (Fsp3) is 0.615. The van der Waals surface area contributed by atoms with Crippen molar-refractivity contribution in [3.05, 3.63) is 28.1 Å². The maximum atomic E-state index is 12.2. The smallest absolute Gasteiger partial charge is 0.287 e. The van der Waals surface area contributed by atoms with Crippen molar-refractivity contribution in [3.8, 4) is 0 Å². The van der Waals surface area contributed by atoms with Gasteiger partial charge in [-0.15, -0.1) is 0 Å². The van der Waals surface area contributed by atoms with Crippen LogP contribution in [0.1, 0.15) is 42.6 Å². The van der Waals surface area contributed by atoms with Crippen LogP contribution in [-0.4, -0.2) is 27.5 Å². The molecule has 1 aromatic heterocycles. The van der Waals surface area contributed by atoms with Crippen LogP contribution >= 0.6 is 0 Å². The van der Waals surface area contributed by atoms with E-state index in [2.05, 4.69) is 5.32 Å². The van der Waals surface area contributed by atoms with E-state index in [1.807, 2.05) is 0 Å². The molecular weight excluding hydrogens is 260 g/mol. The highest BCUT2D eigenvalue weighted by Gasteiger charge is 2.24. The molecule has 2 rings (SSSR count). The molecule has 0 spiro atoms. The average molecular weight is 280 g/mol. The molecule has 0 aliphatic heterocycles. The van der Waals surface area contributed by atoms with Gasteiger partial charge >= 0.3 is 0 Å². The second kappa shape index (κ2) is 6.04. The zero-order valence-corrected chi connectivity index (χ0v) is 11.5. The van der Waals surface area contributed by atoms with Crippen molar-refractivity contribution in [1.82, 2.24) is 9.88 Å². The third kappa shape index (κ3) is 3.16. The number of amides is 1. The number of nitrogens with zero attached hydrogens (tertiary/aromatic N) is 2. The largest absolute Gasteiger partial charge is 0.346 e. The molecule has 2 atom stereocenters. The van der Waals surface area contributed by atoms with Crippen LogP contribution in [0.5, 0.6) is 0 Å². The van der Waals surface area contributed by atoms with Crippen LogP contribution in [0.2, 0.25) is 0 Å². The summed E-state index contributed by atoms with van der Waals surface area (Å²) in [7, 11) is 1.62. The first-order chi connectivity index (χ1) is 9.49. The number of aromatic nitrogens is 1. The Bertz CT molecular complexity index is 512. The molecule has 7 nitrogen and oxygen atoms in total. The standard InChI is InChI=1S/C13H20N4O3/c1-16-8-9(17(19)20)7-12(16)13(18)15-11-6-4-2-3-5-10(11)14/h7-8,10-11H,2-6,14H2,1H3,(H,15,18). The van der Waals surface area contributed by atoms with Crippen LogP contribution in [-0.2, 0) is 7.05 Å². The highest BCUT2D eigenvalue weighted by Crippen LogP contribution is 2.19. The van der Waals surface area contributed by atoms with Crippen molar-refractivity contribution in [2.45, 2.75) is 44.2 Å². The van der Waals surface area contributed by atoms with Crippen molar-refractivity contribution in [3.63, 3.8) is 0 Å². The number of carbonyl (C=O) groups is 1. The number of rotatable bonds is 3. The summed E-state index contributed by atoms with van der Waals surface area (Å²) in [6.07, 6.45) is 6.37. The van der Waals surface area contributed by atoms with Crippen LogP contribution in [0.15, 0.2) is 12.3 Å². The zero-order chi connectivity index (χ0) is 14.7. The van der Waals surface area contributed by atoms with Crippen molar-refractivity contribution in [2.75, 3.05) is 0 Å². The van der Waals surface area contributed by atoms with Gasteiger partial charge in [-0.1, -0.05) is 19.3 Å². The summed E-state index contributed by atoms with van der Waals surface area (Å²) < 4.78 is 1.47. The van der Waals surface area contributed by atoms with Crippen LogP contribution < -0.4 is 11.1 Å². The summed E-state index contributed by atoms with van der Waals surface area (Å²) in [5.41, 5.74) is 6.27. The molecule has 110 valence electrons. The molecule has 0 bridgehead atoms. The van der Waals surface area contributed by atoms with Gasteiger partial charge in [-0.25, -0.2) is 0 Å². The van der Waals surface area contributed by atoms with E-state index in [9.17, 15) is 14.9 Å². The normalized spacial score (nSPS) is 23.1. The molecule has 1 heterocycles. The van der Waals surface area contributed by atoms with E-state index in [4.69, 9.17) is 5.73 Å². The highest BCUT2D eigenvalue weighted by atomic mass is 16.6. The molecule has 2 unspecified atom stereocenters. The lowest BCUT2D eigenvalue weighted by atomic mass is 10.0. The minimum atomic E-state index is -0.506. The molecular formula is C13H20N4O3. The quantitative estimate of drug-likeness (QED) is 0.495. The summed E-state index contributed by atoms with van der Waals surface area (Å²) >= 11 is 0. The molecule has 0 radical (unpaired) electrons. The van der Waals surface area contributed by atoms with Gasteiger partial charge in [0.2, 0.25) is 0 Å². The van der Waals surface area contributed by atoms with Crippen LogP contribution in [0, 0.1) is 10.1 Å². The Morgan fingerprint density at radius 2 is 2.15 bits per heavy atom. The zero-order valence-electron chi connectivity index (χ0n) is 11.5. The molecule has 20 heavy (non-hydrogen) atoms. The number of nitrogens with one attached hydrogen (secondary N) is 1. The maximum absolute atomic E-state index is 12.2. The molecule has 1 aromatic rings. The topological polar surface area (TPSA) is 103 Å². The first-order valence-electron chi connectivity index (χ1n) is 6.86. The predicted octanol–water partition coefficient (Wildman–Crippen LogP) is 1.32. The second-order valence-electron chi connectivity index (χ2n) is 5.33. The summed E-state index contributed by atoms with van der Waals surface area (Å²) in [4.78, 5) is 22.4. The van der Waals surface area contributed by atoms with Gasteiger partial charge in [0.1, 0.15) is 5.69 Å². The van der Waals surface area contributed by atoms with E-state index in [0.29, 0.717) is 0 Å². The number of nitro groups is 1. The minimum Gasteiger partial charge on any atom is -0.346 e. The molecule has 1 fully saturated rings. The van der Waals surface area contributed by atoms with E-state index in [1.54, 1.807) is 7.05 Å². The van der Waals surface area contributed by atoms with E-state index < -0.39 is 4.92 Å². The van der Waals surface area contributed by atoms with E-state index in [0.717, 1.165) is 32.1 Å². The van der Waals surface area contributed by atoms with Gasteiger partial charge in [0.15, 0.2) is 0 Å². The van der Waals surface area contributed by atoms with Gasteiger partial charge in [0.25, 0.3) is 11.6 Å². The molecule has 1 amide bonds. The van der Waals surface area contributed by atoms with Crippen LogP contribution in [0.4, 0.5) is 5.69 Å². The van der Waals surface area contributed by atoms with Gasteiger partial charge in [-0.3, -0.25) is 14.9 Å². The Morgan fingerprint density at radius 3 is 2.80 bits per heavy atom. The van der Waals surface area contributed by atoms with Crippen LogP contribution in [0.3, 0.4) is 0 Å². The summed E-state index contributed by atoms with van der Waals surface area (Å²) in [5.74, 6) is -0.303. The third-order valence-corrected chi connectivity index (χ3v) is 3.82. The van der Waals surface area contributed by atoms with Gasteiger partial charge in [0.05, 0.1) is 11.1 Å². The van der Waals surface area contributed by atoms with Crippen LogP contribution in [0.25, 0.3) is 0 Å². The summed E-state index contributed by atoms with van der Waals surface area (Å²) in [5, 5.41) is 13.6. The first-order valence-corrected chi connectivity index (χ1v) is 6.86. The molecule has 3 N–H and O–H groups in total. The Hall–Kier alpha value is -1.89. The second-order valence-corrected chi connectivity index (χ2v) is 5.33. The molecule has 1 aliphatic carbocycles. The van der Waals surface area contributed by atoms with E-state index in [1.165, 1.54) is 16.8 Å². The molecule has 1 aliphatic rings. The van der Waals surface area contributed by atoms with Gasteiger partial charge in [0, 0.05) is 25.2 Å². The number of hydrogen-bond acceptors (Lipinski definition) is 4. The van der Waals surface area contributed by atoms with Crippen molar-refractivity contribution in [2.24, 2.45) is 12.8 Å². The average Bonchev–Trinajstić information content (AvgIpc) is 2.68. The van der Waals surface area contributed by atoms with Gasteiger partial charge < -0.3 is 15.6 Å². The Labute approximate surface area is 117 Å². The van der Waals surface area contributed by atoms with Gasteiger partial charge in [-0.2, -0.15) is 0 Å². The molecule has 0 saturated heterocycles. The molecule has 7 heteroatoms. The van der Waals surface area contributed by atoms with E-state index in [-0.39, 0.29) is 29.4 Å². The lowest BCUT2D eigenvalue weighted by molar-refractivity contribution is -0.384. The van der Waals surface area contributed by atoms with E-state index >= 15 is 0 Å². The summed E-state index contributed by atoms with van der Waals surface area (Å²) in [6.45, 7) is 0. The lowest BCUT2D eigenvalue weighted by Crippen LogP contribution is -2.47. The Balaban J connectivity index is 2.09. The Morgan fingerprint density at radius 1 is 1.45 bits per heavy atom. The van der Waals surface area contributed by atoms with Crippen molar-refractivity contribution < 1.29 is 9.72 Å². The highest BCUT2D eigenvalue weighted by molar-refractivity contribution is 5.93. The number of nitrogens with two attached hydrogens (primary N) is 1. The Kier molecular flexibility index (Phi) is 4.39. The first kappa shape index (κ1) is 14.5. The number of hydrogen-bond donors (Lipinski definition) is 2. The fourth-order valence-corrected chi connectivity index (χ4v) is 2.63. The molecule has 0 aromatic carbocycles. The fourth-order valence-electron chi connectivity index (χ4n) is 2.63. The minimum absolute atomic E-state index is 0.0447. The maximum Gasteiger partial charge on any atom is 0.287 e. The monoisotopic (exact) mass is 280 g/mol. The number of carbonyl (C=O) groups excluding carboxylic acids is 1. The SMILES string of the molecule is Cn1cc([N+](=O)[O-])cc1C(=O)NC1CCCCCC1N. The third-order valence-electron chi connectivity index (χ3n) is 3.82. The van der Waals surface area contributed by atoms with Crippen molar-refractivity contribution in [1.29, 1.82) is 0 Å².